The molecule has 0 bridgehead atoms. The molecule has 1 aromatic rings. The third kappa shape index (κ3) is 2.20. The van der Waals surface area contributed by atoms with E-state index in [4.69, 9.17) is 4.42 Å². The van der Waals surface area contributed by atoms with E-state index in [1.165, 1.54) is 0 Å². The molecule has 2 unspecified atom stereocenters. The number of hydrogen-bond acceptors (Lipinski definition) is 2. The average molecular weight is 259 g/mol. The molecular weight excluding hydrogens is 244 g/mol. The van der Waals surface area contributed by atoms with Gasteiger partial charge in [-0.2, -0.15) is 0 Å². The molecule has 1 heterocycles. The average Bonchev–Trinajstić information content (AvgIpc) is 2.60. The number of halogens is 1. The molecule has 0 amide bonds. The maximum atomic E-state index is 10.2. The van der Waals surface area contributed by atoms with Crippen LogP contribution in [-0.4, -0.2) is 10.7 Å². The van der Waals surface area contributed by atoms with Crippen LogP contribution in [0.3, 0.4) is 0 Å². The van der Waals surface area contributed by atoms with Crippen molar-refractivity contribution >= 4 is 15.9 Å². The van der Waals surface area contributed by atoms with Crippen LogP contribution in [-0.2, 0) is 6.42 Å². The molecule has 0 aliphatic heterocycles. The Labute approximate surface area is 92.4 Å². The lowest BCUT2D eigenvalue weighted by Crippen LogP contribution is -2.27. The molecule has 1 aliphatic rings. The zero-order valence-corrected chi connectivity index (χ0v) is 9.88. The second-order valence-electron chi connectivity index (χ2n) is 4.45. The molecule has 78 valence electrons. The first-order chi connectivity index (χ1) is 6.57. The minimum absolute atomic E-state index is 0.531. The van der Waals surface area contributed by atoms with Crippen LogP contribution in [0.5, 0.6) is 0 Å². The van der Waals surface area contributed by atoms with E-state index >= 15 is 0 Å². The Kier molecular flexibility index (Phi) is 2.71. The second kappa shape index (κ2) is 3.70. The number of rotatable bonds is 2. The summed E-state index contributed by atoms with van der Waals surface area (Å²) in [6, 6.07) is 3.79. The quantitative estimate of drug-likeness (QED) is 0.885. The van der Waals surface area contributed by atoms with Gasteiger partial charge in [0.2, 0.25) is 0 Å². The van der Waals surface area contributed by atoms with E-state index in [0.29, 0.717) is 12.3 Å². The summed E-state index contributed by atoms with van der Waals surface area (Å²) < 4.78 is 6.14. The third-order valence-corrected chi connectivity index (χ3v) is 3.39. The van der Waals surface area contributed by atoms with E-state index in [9.17, 15) is 5.11 Å². The first-order valence-corrected chi connectivity index (χ1v) is 5.83. The fourth-order valence-corrected chi connectivity index (χ4v) is 2.64. The zero-order valence-electron chi connectivity index (χ0n) is 8.29. The molecule has 0 saturated heterocycles. The Morgan fingerprint density at radius 1 is 1.64 bits per heavy atom. The Bertz CT molecular complexity index is 321. The van der Waals surface area contributed by atoms with Gasteiger partial charge >= 0.3 is 0 Å². The molecule has 1 saturated carbocycles. The molecule has 2 nitrogen and oxygen atoms in total. The molecule has 0 aromatic carbocycles. The van der Waals surface area contributed by atoms with Crippen molar-refractivity contribution in [3.05, 3.63) is 22.6 Å². The van der Waals surface area contributed by atoms with Gasteiger partial charge in [-0.15, -0.1) is 0 Å². The number of aliphatic hydroxyl groups is 1. The summed E-state index contributed by atoms with van der Waals surface area (Å²) in [5, 5.41) is 10.2. The molecular formula is C11H15BrO2. The lowest BCUT2D eigenvalue weighted by molar-refractivity contribution is 0.0394. The Morgan fingerprint density at radius 3 is 2.93 bits per heavy atom. The van der Waals surface area contributed by atoms with E-state index < -0.39 is 5.60 Å². The maximum absolute atomic E-state index is 10.2. The molecule has 0 radical (unpaired) electrons. The van der Waals surface area contributed by atoms with Crippen molar-refractivity contribution < 1.29 is 9.52 Å². The third-order valence-electron chi connectivity index (χ3n) is 2.96. The van der Waals surface area contributed by atoms with Crippen molar-refractivity contribution in [1.82, 2.24) is 0 Å². The summed E-state index contributed by atoms with van der Waals surface area (Å²) in [5.41, 5.74) is -0.531. The predicted molar refractivity (Wildman–Crippen MR) is 58.1 cm³/mol. The monoisotopic (exact) mass is 258 g/mol. The highest BCUT2D eigenvalue weighted by Crippen LogP contribution is 2.37. The number of hydrogen-bond donors (Lipinski definition) is 1. The smallest absolute Gasteiger partial charge is 0.169 e. The molecule has 1 fully saturated rings. The van der Waals surface area contributed by atoms with Crippen LogP contribution in [0.2, 0.25) is 0 Å². The van der Waals surface area contributed by atoms with Crippen LogP contribution in [0.4, 0.5) is 0 Å². The molecule has 0 spiro atoms. The largest absolute Gasteiger partial charge is 0.454 e. The van der Waals surface area contributed by atoms with Gasteiger partial charge in [-0.25, -0.2) is 0 Å². The summed E-state index contributed by atoms with van der Waals surface area (Å²) in [7, 11) is 0. The van der Waals surface area contributed by atoms with Gasteiger partial charge in [-0.3, -0.25) is 0 Å². The Balaban J connectivity index is 2.03. The summed E-state index contributed by atoms with van der Waals surface area (Å²) in [6.07, 6.45) is 3.55. The minimum atomic E-state index is -0.531. The maximum Gasteiger partial charge on any atom is 0.169 e. The summed E-state index contributed by atoms with van der Waals surface area (Å²) in [5.74, 6) is 1.51. The van der Waals surface area contributed by atoms with Gasteiger partial charge in [-0.05, 0) is 53.2 Å². The van der Waals surface area contributed by atoms with E-state index in [0.717, 1.165) is 29.7 Å². The first-order valence-electron chi connectivity index (χ1n) is 5.04. The van der Waals surface area contributed by atoms with Gasteiger partial charge in [0, 0.05) is 6.42 Å². The van der Waals surface area contributed by atoms with Crippen LogP contribution >= 0.6 is 15.9 Å². The fourth-order valence-electron chi connectivity index (χ4n) is 2.30. The van der Waals surface area contributed by atoms with Crippen molar-refractivity contribution in [2.45, 2.75) is 38.2 Å². The molecule has 3 heteroatoms. The predicted octanol–water partition coefficient (Wildman–Crippen LogP) is 3.14. The molecule has 1 aliphatic carbocycles. The lowest BCUT2D eigenvalue weighted by atomic mass is 9.95. The van der Waals surface area contributed by atoms with Crippen molar-refractivity contribution in [1.29, 1.82) is 0 Å². The molecule has 1 N–H and O–H groups in total. The van der Waals surface area contributed by atoms with Crippen LogP contribution in [0.15, 0.2) is 21.2 Å². The molecule has 2 atom stereocenters. The zero-order chi connectivity index (χ0) is 10.2. The van der Waals surface area contributed by atoms with Crippen LogP contribution in [0.25, 0.3) is 0 Å². The van der Waals surface area contributed by atoms with Crippen molar-refractivity contribution in [2.24, 2.45) is 5.92 Å². The number of furan rings is 1. The highest BCUT2D eigenvalue weighted by molar-refractivity contribution is 9.10. The molecule has 14 heavy (non-hydrogen) atoms. The van der Waals surface area contributed by atoms with Gasteiger partial charge in [-0.1, -0.05) is 6.92 Å². The van der Waals surface area contributed by atoms with E-state index in [-0.39, 0.29) is 0 Å². The van der Waals surface area contributed by atoms with Crippen LogP contribution in [0, 0.1) is 5.92 Å². The van der Waals surface area contributed by atoms with Crippen LogP contribution < -0.4 is 0 Å². The normalized spacial score (nSPS) is 32.4. The topological polar surface area (TPSA) is 33.4 Å². The Morgan fingerprint density at radius 2 is 2.43 bits per heavy atom. The van der Waals surface area contributed by atoms with Crippen molar-refractivity contribution in [2.75, 3.05) is 0 Å². The van der Waals surface area contributed by atoms with E-state index in [1.807, 2.05) is 12.1 Å². The van der Waals surface area contributed by atoms with Crippen molar-refractivity contribution in [3.63, 3.8) is 0 Å². The SMILES string of the molecule is CC1CCC(O)(Cc2ccc(Br)o2)C1. The van der Waals surface area contributed by atoms with Gasteiger partial charge in [0.1, 0.15) is 5.76 Å². The highest BCUT2D eigenvalue weighted by atomic mass is 79.9. The van der Waals surface area contributed by atoms with Gasteiger partial charge < -0.3 is 9.52 Å². The first kappa shape index (κ1) is 10.2. The minimum Gasteiger partial charge on any atom is -0.454 e. The molecule has 1 aromatic heterocycles. The molecule has 2 rings (SSSR count). The summed E-state index contributed by atoms with van der Waals surface area (Å²) in [4.78, 5) is 0. The summed E-state index contributed by atoms with van der Waals surface area (Å²) >= 11 is 3.26. The van der Waals surface area contributed by atoms with Crippen LogP contribution in [0.1, 0.15) is 31.9 Å². The standard InChI is InChI=1S/C11H15BrO2/c1-8-4-5-11(13,6-8)7-9-2-3-10(12)14-9/h2-3,8,13H,4-7H2,1H3. The fraction of sp³-hybridized carbons (Fsp3) is 0.636. The van der Waals surface area contributed by atoms with Gasteiger partial charge in [0.05, 0.1) is 5.60 Å². The van der Waals surface area contributed by atoms with Gasteiger partial charge in [0.25, 0.3) is 0 Å². The second-order valence-corrected chi connectivity index (χ2v) is 5.24. The van der Waals surface area contributed by atoms with Gasteiger partial charge in [0.15, 0.2) is 4.67 Å². The van der Waals surface area contributed by atoms with E-state index in [2.05, 4.69) is 22.9 Å². The van der Waals surface area contributed by atoms with E-state index in [1.54, 1.807) is 0 Å². The Hall–Kier alpha value is -0.280. The highest BCUT2D eigenvalue weighted by Gasteiger charge is 2.36. The van der Waals surface area contributed by atoms with Crippen molar-refractivity contribution in [3.8, 4) is 0 Å². The summed E-state index contributed by atoms with van der Waals surface area (Å²) in [6.45, 7) is 2.19. The lowest BCUT2D eigenvalue weighted by Gasteiger charge is -2.20.